The minimum atomic E-state index is 0.623. The van der Waals surface area contributed by atoms with Gasteiger partial charge in [-0.25, -0.2) is 0 Å². The smallest absolute Gasteiger partial charge is 0.0716 e. The average Bonchev–Trinajstić information content (AvgIpc) is 2.31. The minimum Gasteiger partial charge on any atom is -0.379 e. The van der Waals surface area contributed by atoms with Crippen molar-refractivity contribution in [2.75, 3.05) is 26.3 Å². The van der Waals surface area contributed by atoms with E-state index in [1.807, 2.05) is 0 Å². The first-order valence-corrected chi connectivity index (χ1v) is 5.46. The number of hydrogen-bond donors (Lipinski definition) is 0. The molecule has 1 aromatic carbocycles. The second-order valence-corrected chi connectivity index (χ2v) is 3.91. The first kappa shape index (κ1) is 10.7. The van der Waals surface area contributed by atoms with Gasteiger partial charge in [-0.05, 0) is 5.56 Å². The third kappa shape index (κ3) is 3.08. The maximum absolute atomic E-state index is 5.56. The van der Waals surface area contributed by atoms with Crippen LogP contribution in [0.5, 0.6) is 0 Å². The number of hydrogen-bond acceptors (Lipinski definition) is 2. The molecule has 0 bridgehead atoms. The lowest BCUT2D eigenvalue weighted by molar-refractivity contribution is 0.0342. The van der Waals surface area contributed by atoms with E-state index in [-0.39, 0.29) is 0 Å². The number of ether oxygens (including phenoxy) is 1. The van der Waals surface area contributed by atoms with Crippen LogP contribution in [0.25, 0.3) is 0 Å². The van der Waals surface area contributed by atoms with E-state index >= 15 is 0 Å². The molecule has 0 atom stereocenters. The van der Waals surface area contributed by atoms with Gasteiger partial charge in [-0.1, -0.05) is 36.1 Å². The summed E-state index contributed by atoms with van der Waals surface area (Å²) in [5.74, 6) is 0. The van der Waals surface area contributed by atoms with Crippen LogP contribution in [0.1, 0.15) is 11.1 Å². The third-order valence-corrected chi connectivity index (χ3v) is 2.77. The van der Waals surface area contributed by atoms with Gasteiger partial charge in [-0.3, -0.25) is 4.90 Å². The first-order valence-electron chi connectivity index (χ1n) is 5.46. The van der Waals surface area contributed by atoms with Gasteiger partial charge in [0.25, 0.3) is 0 Å². The van der Waals surface area contributed by atoms with Crippen LogP contribution < -0.4 is 0 Å². The van der Waals surface area contributed by atoms with Gasteiger partial charge in [-0.2, -0.15) is 0 Å². The molecule has 15 heavy (non-hydrogen) atoms. The molecule has 1 heterocycles. The molecule has 1 aliphatic rings. The molecule has 0 amide bonds. The molecule has 2 rings (SSSR count). The fraction of sp³-hybridized carbons (Fsp3) is 0.500. The highest BCUT2D eigenvalue weighted by atomic mass is 16.5. The molecule has 0 aromatic heterocycles. The molecule has 1 fully saturated rings. The molecule has 0 aliphatic carbocycles. The van der Waals surface area contributed by atoms with Gasteiger partial charge in [0.2, 0.25) is 0 Å². The van der Waals surface area contributed by atoms with Crippen molar-refractivity contribution in [3.05, 3.63) is 35.4 Å². The predicted octanol–water partition coefficient (Wildman–Crippen LogP) is 1.19. The maximum atomic E-state index is 5.56. The Morgan fingerprint density at radius 1 is 1.07 bits per heavy atom. The van der Waals surface area contributed by atoms with Crippen LogP contribution in [0.15, 0.2) is 24.3 Å². The number of nitrogens with zero attached hydrogens (tertiary/aromatic N) is 1. The van der Waals surface area contributed by atoms with Crippen LogP contribution in [-0.2, 0) is 17.6 Å². The summed E-state index contributed by atoms with van der Waals surface area (Å²) < 4.78 is 5.32. The van der Waals surface area contributed by atoms with Crippen LogP contribution in [0.2, 0.25) is 0 Å². The van der Waals surface area contributed by atoms with E-state index in [9.17, 15) is 0 Å². The molecule has 1 saturated heterocycles. The molecule has 78 valence electrons. The van der Waals surface area contributed by atoms with Crippen LogP contribution in [0.3, 0.4) is 0 Å². The van der Waals surface area contributed by atoms with Gasteiger partial charge in [0, 0.05) is 19.6 Å². The average molecular weight is 201 g/mol. The highest BCUT2D eigenvalue weighted by molar-refractivity contribution is 6.08. The minimum absolute atomic E-state index is 0.623. The van der Waals surface area contributed by atoms with Crippen LogP contribution in [0.4, 0.5) is 0 Å². The summed E-state index contributed by atoms with van der Waals surface area (Å²) in [6, 6.07) is 8.54. The van der Waals surface area contributed by atoms with E-state index in [1.54, 1.807) is 0 Å². The van der Waals surface area contributed by atoms with Crippen molar-refractivity contribution >= 4 is 7.85 Å². The van der Waals surface area contributed by atoms with Crippen molar-refractivity contribution in [3.8, 4) is 0 Å². The monoisotopic (exact) mass is 201 g/mol. The Labute approximate surface area is 92.6 Å². The van der Waals surface area contributed by atoms with Gasteiger partial charge in [0.05, 0.1) is 21.1 Å². The SMILES string of the molecule is [B]Cc1ccc(CN2CCOCC2)cc1. The van der Waals surface area contributed by atoms with Gasteiger partial charge in [0.1, 0.15) is 0 Å². The lowest BCUT2D eigenvalue weighted by Gasteiger charge is -2.26. The molecule has 2 nitrogen and oxygen atoms in total. The zero-order valence-corrected chi connectivity index (χ0v) is 8.98. The van der Waals surface area contributed by atoms with E-state index in [2.05, 4.69) is 29.2 Å². The number of morpholine rings is 1. The highest BCUT2D eigenvalue weighted by Gasteiger charge is 2.09. The molecular formula is C12H16BNO. The van der Waals surface area contributed by atoms with Crippen molar-refractivity contribution in [2.24, 2.45) is 0 Å². The Morgan fingerprint density at radius 2 is 1.67 bits per heavy atom. The third-order valence-electron chi connectivity index (χ3n) is 2.77. The van der Waals surface area contributed by atoms with E-state index in [4.69, 9.17) is 12.6 Å². The maximum Gasteiger partial charge on any atom is 0.0716 e. The topological polar surface area (TPSA) is 12.5 Å². The van der Waals surface area contributed by atoms with Crippen molar-refractivity contribution < 1.29 is 4.74 Å². The molecule has 1 aliphatic heterocycles. The quantitative estimate of drug-likeness (QED) is 0.681. The largest absolute Gasteiger partial charge is 0.379 e. The summed E-state index contributed by atoms with van der Waals surface area (Å²) >= 11 is 0. The summed E-state index contributed by atoms with van der Waals surface area (Å²) in [6.45, 7) is 4.83. The van der Waals surface area contributed by atoms with E-state index < -0.39 is 0 Å². The van der Waals surface area contributed by atoms with Gasteiger partial charge < -0.3 is 4.74 Å². The molecule has 0 saturated carbocycles. The zero-order chi connectivity index (χ0) is 10.5. The summed E-state index contributed by atoms with van der Waals surface area (Å²) in [4.78, 5) is 2.42. The molecule has 0 spiro atoms. The van der Waals surface area contributed by atoms with Crippen molar-refractivity contribution in [2.45, 2.75) is 12.9 Å². The molecule has 0 unspecified atom stereocenters. The molecule has 0 N–H and O–H groups in total. The van der Waals surface area contributed by atoms with E-state index in [0.29, 0.717) is 6.32 Å². The number of benzene rings is 1. The lowest BCUT2D eigenvalue weighted by atomic mass is 9.96. The summed E-state index contributed by atoms with van der Waals surface area (Å²) in [5, 5.41) is 0. The lowest BCUT2D eigenvalue weighted by Crippen LogP contribution is -2.35. The normalized spacial score (nSPS) is 17.9. The predicted molar refractivity (Wildman–Crippen MR) is 62.0 cm³/mol. The van der Waals surface area contributed by atoms with E-state index in [0.717, 1.165) is 32.8 Å². The second kappa shape index (κ2) is 5.33. The van der Waals surface area contributed by atoms with Crippen molar-refractivity contribution in [3.63, 3.8) is 0 Å². The van der Waals surface area contributed by atoms with Gasteiger partial charge in [0.15, 0.2) is 0 Å². The second-order valence-electron chi connectivity index (χ2n) is 3.91. The summed E-state index contributed by atoms with van der Waals surface area (Å²) in [5.41, 5.74) is 2.55. The molecule has 1 aromatic rings. The summed E-state index contributed by atoms with van der Waals surface area (Å²) in [7, 11) is 5.56. The van der Waals surface area contributed by atoms with Crippen LogP contribution in [-0.4, -0.2) is 39.0 Å². The van der Waals surface area contributed by atoms with Gasteiger partial charge >= 0.3 is 0 Å². The Hall–Kier alpha value is -0.795. The Morgan fingerprint density at radius 3 is 2.27 bits per heavy atom. The zero-order valence-electron chi connectivity index (χ0n) is 8.98. The molecule has 2 radical (unpaired) electrons. The molecule has 3 heteroatoms. The molecular weight excluding hydrogens is 185 g/mol. The first-order chi connectivity index (χ1) is 7.38. The number of rotatable bonds is 3. The van der Waals surface area contributed by atoms with Crippen molar-refractivity contribution in [1.82, 2.24) is 4.90 Å². The Bertz CT molecular complexity index is 293. The fourth-order valence-corrected chi connectivity index (χ4v) is 1.80. The van der Waals surface area contributed by atoms with Crippen LogP contribution >= 0.6 is 0 Å². The fourth-order valence-electron chi connectivity index (χ4n) is 1.80. The Kier molecular flexibility index (Phi) is 3.81. The summed E-state index contributed by atoms with van der Waals surface area (Å²) in [6.07, 6.45) is 0.623. The standard InChI is InChI=1S/C12H16BNO/c13-9-11-1-3-12(4-2-11)10-14-5-7-15-8-6-14/h1-4H,5-10H2. The van der Waals surface area contributed by atoms with E-state index in [1.165, 1.54) is 11.1 Å². The Balaban J connectivity index is 1.91. The van der Waals surface area contributed by atoms with Crippen LogP contribution in [0, 0.1) is 0 Å². The van der Waals surface area contributed by atoms with Gasteiger partial charge in [-0.15, -0.1) is 0 Å². The van der Waals surface area contributed by atoms with Crippen molar-refractivity contribution in [1.29, 1.82) is 0 Å². The highest BCUT2D eigenvalue weighted by Crippen LogP contribution is 2.08.